The number of aryl methyl sites for hydroxylation is 2. The molecule has 0 amide bonds. The number of allylic oxidation sites excluding steroid dienone is 1. The molecule has 4 heteroatoms. The van der Waals surface area contributed by atoms with E-state index in [9.17, 15) is 4.39 Å². The van der Waals surface area contributed by atoms with E-state index in [1.165, 1.54) is 11.3 Å². The first-order chi connectivity index (χ1) is 8.00. The maximum Gasteiger partial charge on any atom is 0.396 e. The van der Waals surface area contributed by atoms with Crippen LogP contribution in [0.1, 0.15) is 30.8 Å². The van der Waals surface area contributed by atoms with E-state index in [2.05, 4.69) is 30.5 Å². The number of fused-ring (bicyclic) bond motifs is 2. The Morgan fingerprint density at radius 1 is 1.29 bits per heavy atom. The summed E-state index contributed by atoms with van der Waals surface area (Å²) in [6.45, 7) is 7.91. The van der Waals surface area contributed by atoms with Gasteiger partial charge in [-0.15, -0.1) is 0 Å². The van der Waals surface area contributed by atoms with Crippen LogP contribution >= 0.6 is 0 Å². The van der Waals surface area contributed by atoms with E-state index in [1.54, 1.807) is 0 Å². The highest BCUT2D eigenvalue weighted by Gasteiger charge is 2.35. The summed E-state index contributed by atoms with van der Waals surface area (Å²) < 4.78 is 16.0. The van der Waals surface area contributed by atoms with E-state index in [-0.39, 0.29) is 11.9 Å². The van der Waals surface area contributed by atoms with Crippen molar-refractivity contribution >= 4 is 13.6 Å². The number of hydrogen-bond donors (Lipinski definition) is 0. The molecule has 0 aliphatic carbocycles. The van der Waals surface area contributed by atoms with Gasteiger partial charge in [0.1, 0.15) is 5.83 Å². The molecule has 1 unspecified atom stereocenters. The standard InChI is InChI=1S/C13H15BFN2/c1-7-5-8(2)16-11(7)6-12-9(3)13(15)10(4)17(12)14-16/h5-6,10H,1-4H3. The van der Waals surface area contributed by atoms with Crippen molar-refractivity contribution in [2.75, 3.05) is 0 Å². The molecule has 2 aliphatic rings. The Labute approximate surface area is 102 Å². The molecule has 3 heterocycles. The summed E-state index contributed by atoms with van der Waals surface area (Å²) in [5.74, 6) is -0.0199. The van der Waals surface area contributed by atoms with Gasteiger partial charge in [-0.25, -0.2) is 4.39 Å². The van der Waals surface area contributed by atoms with Gasteiger partial charge in [-0.2, -0.15) is 0 Å². The van der Waals surface area contributed by atoms with Crippen LogP contribution in [-0.4, -0.2) is 22.9 Å². The van der Waals surface area contributed by atoms with Crippen LogP contribution < -0.4 is 0 Å². The Balaban J connectivity index is 2.19. The molecule has 1 aromatic heterocycles. The fourth-order valence-electron chi connectivity index (χ4n) is 2.73. The first-order valence-electron chi connectivity index (χ1n) is 5.91. The van der Waals surface area contributed by atoms with Gasteiger partial charge in [0.15, 0.2) is 0 Å². The van der Waals surface area contributed by atoms with Crippen LogP contribution in [-0.2, 0) is 0 Å². The van der Waals surface area contributed by atoms with Crippen molar-refractivity contribution in [1.29, 1.82) is 0 Å². The first-order valence-corrected chi connectivity index (χ1v) is 5.91. The van der Waals surface area contributed by atoms with Crippen molar-refractivity contribution in [3.05, 3.63) is 40.1 Å². The van der Waals surface area contributed by atoms with Gasteiger partial charge < -0.3 is 9.29 Å². The number of rotatable bonds is 0. The molecular weight excluding hydrogens is 214 g/mol. The van der Waals surface area contributed by atoms with Crippen molar-refractivity contribution < 1.29 is 4.39 Å². The van der Waals surface area contributed by atoms with Gasteiger partial charge in [-0.05, 0) is 45.4 Å². The predicted molar refractivity (Wildman–Crippen MR) is 68.1 cm³/mol. The molecule has 87 valence electrons. The Morgan fingerprint density at radius 3 is 2.71 bits per heavy atom. The molecule has 0 saturated carbocycles. The summed E-state index contributed by atoms with van der Waals surface area (Å²) in [6.07, 6.45) is 2.08. The summed E-state index contributed by atoms with van der Waals surface area (Å²) in [5, 5.41) is 0. The Bertz CT molecular complexity index is 568. The number of halogens is 1. The van der Waals surface area contributed by atoms with Crippen LogP contribution in [0, 0.1) is 13.8 Å². The highest BCUT2D eigenvalue weighted by atomic mass is 19.1. The molecule has 1 aromatic rings. The minimum absolute atomic E-state index is 0.0199. The van der Waals surface area contributed by atoms with Crippen LogP contribution in [0.3, 0.4) is 0 Å². The highest BCUT2D eigenvalue weighted by Crippen LogP contribution is 2.37. The lowest BCUT2D eigenvalue weighted by molar-refractivity contribution is 0.432. The summed E-state index contributed by atoms with van der Waals surface area (Å²) in [5.41, 5.74) is 5.33. The van der Waals surface area contributed by atoms with Gasteiger partial charge in [-0.3, -0.25) is 0 Å². The minimum Gasteiger partial charge on any atom is -0.390 e. The topological polar surface area (TPSA) is 8.17 Å². The van der Waals surface area contributed by atoms with E-state index >= 15 is 0 Å². The highest BCUT2D eigenvalue weighted by molar-refractivity contribution is 6.33. The van der Waals surface area contributed by atoms with E-state index in [0.717, 1.165) is 17.0 Å². The molecule has 1 radical (unpaired) electrons. The van der Waals surface area contributed by atoms with Crippen LogP contribution in [0.4, 0.5) is 4.39 Å². The summed E-state index contributed by atoms with van der Waals surface area (Å²) in [7, 11) is 2.01. The second-order valence-corrected chi connectivity index (χ2v) is 4.93. The third-order valence-electron chi connectivity index (χ3n) is 3.79. The molecule has 0 bridgehead atoms. The van der Waals surface area contributed by atoms with Crippen LogP contribution in [0.2, 0.25) is 0 Å². The fourth-order valence-corrected chi connectivity index (χ4v) is 2.73. The van der Waals surface area contributed by atoms with Crippen LogP contribution in [0.25, 0.3) is 6.08 Å². The number of aromatic nitrogens is 1. The van der Waals surface area contributed by atoms with Gasteiger partial charge in [0.25, 0.3) is 0 Å². The van der Waals surface area contributed by atoms with E-state index < -0.39 is 0 Å². The molecule has 3 rings (SSSR count). The third kappa shape index (κ3) is 1.27. The maximum atomic E-state index is 13.9. The largest absolute Gasteiger partial charge is 0.396 e. The zero-order chi connectivity index (χ0) is 12.3. The lowest BCUT2D eigenvalue weighted by Crippen LogP contribution is -2.38. The average Bonchev–Trinajstić information content (AvgIpc) is 2.70. The zero-order valence-electron chi connectivity index (χ0n) is 10.6. The second-order valence-electron chi connectivity index (χ2n) is 4.93. The molecule has 2 aliphatic heterocycles. The molecule has 0 aromatic carbocycles. The molecule has 0 spiro atoms. The lowest BCUT2D eigenvalue weighted by Gasteiger charge is -2.30. The maximum absolute atomic E-state index is 13.9. The lowest BCUT2D eigenvalue weighted by atomic mass is 9.98. The molecule has 0 fully saturated rings. The van der Waals surface area contributed by atoms with Crippen molar-refractivity contribution in [2.45, 2.75) is 33.7 Å². The van der Waals surface area contributed by atoms with Gasteiger partial charge in [0, 0.05) is 22.7 Å². The van der Waals surface area contributed by atoms with Crippen molar-refractivity contribution in [2.24, 2.45) is 0 Å². The van der Waals surface area contributed by atoms with Gasteiger partial charge in [0.05, 0.1) is 6.04 Å². The molecule has 0 N–H and O–H groups in total. The van der Waals surface area contributed by atoms with Crippen molar-refractivity contribution in [1.82, 2.24) is 9.29 Å². The normalized spacial score (nSPS) is 22.3. The Kier molecular flexibility index (Phi) is 2.06. The molecule has 17 heavy (non-hydrogen) atoms. The van der Waals surface area contributed by atoms with Gasteiger partial charge in [0.2, 0.25) is 0 Å². The predicted octanol–water partition coefficient (Wildman–Crippen LogP) is 2.79. The van der Waals surface area contributed by atoms with Crippen molar-refractivity contribution in [3.63, 3.8) is 0 Å². The summed E-state index contributed by atoms with van der Waals surface area (Å²) in [6, 6.07) is 1.97. The molecule has 2 nitrogen and oxygen atoms in total. The number of nitrogens with zero attached hydrogens (tertiary/aromatic N) is 2. The Morgan fingerprint density at radius 2 is 2.00 bits per heavy atom. The Hall–Kier alpha value is -1.45. The third-order valence-corrected chi connectivity index (χ3v) is 3.79. The molecular formula is C13H15BFN2. The minimum atomic E-state index is -0.184. The monoisotopic (exact) mass is 229 g/mol. The molecule has 1 atom stereocenters. The van der Waals surface area contributed by atoms with E-state index in [0.29, 0.717) is 0 Å². The summed E-state index contributed by atoms with van der Waals surface area (Å²) in [4.78, 5) is 2.00. The van der Waals surface area contributed by atoms with Crippen LogP contribution in [0.5, 0.6) is 0 Å². The zero-order valence-corrected chi connectivity index (χ0v) is 10.6. The summed E-state index contributed by atoms with van der Waals surface area (Å²) >= 11 is 0. The molecule has 0 saturated heterocycles. The van der Waals surface area contributed by atoms with E-state index in [4.69, 9.17) is 0 Å². The van der Waals surface area contributed by atoms with E-state index in [1.807, 2.05) is 26.2 Å². The SMILES string of the molecule is CC1=C(F)C(C)N2[B]n3c(C)cc(C)c3C=C12. The number of hydrogen-bond acceptors (Lipinski definition) is 1. The second kappa shape index (κ2) is 3.28. The van der Waals surface area contributed by atoms with Gasteiger partial charge >= 0.3 is 7.55 Å². The van der Waals surface area contributed by atoms with Crippen molar-refractivity contribution in [3.8, 4) is 0 Å². The van der Waals surface area contributed by atoms with Crippen LogP contribution in [0.15, 0.2) is 23.2 Å². The quantitative estimate of drug-likeness (QED) is 0.621. The first kappa shape index (κ1) is 10.7. The smallest absolute Gasteiger partial charge is 0.390 e. The average molecular weight is 229 g/mol. The van der Waals surface area contributed by atoms with Gasteiger partial charge in [-0.1, -0.05) is 0 Å². The fraction of sp³-hybridized carbons (Fsp3) is 0.385.